The topological polar surface area (TPSA) is 82.8 Å². The van der Waals surface area contributed by atoms with Crippen molar-refractivity contribution in [3.63, 3.8) is 0 Å². The second kappa shape index (κ2) is 10.5. The summed E-state index contributed by atoms with van der Waals surface area (Å²) < 4.78 is 13.0. The van der Waals surface area contributed by atoms with Crippen molar-refractivity contribution < 1.29 is 14.3 Å². The molecule has 7 nitrogen and oxygen atoms in total. The molecule has 0 bridgehead atoms. The third-order valence-electron chi connectivity index (χ3n) is 5.73. The summed E-state index contributed by atoms with van der Waals surface area (Å²) in [4.78, 5) is 30.0. The van der Waals surface area contributed by atoms with Gasteiger partial charge in [0.2, 0.25) is 0 Å². The van der Waals surface area contributed by atoms with E-state index in [1.54, 1.807) is 37.4 Å². The van der Waals surface area contributed by atoms with Crippen molar-refractivity contribution in [1.29, 1.82) is 0 Å². The fourth-order valence-corrected chi connectivity index (χ4v) is 4.34. The van der Waals surface area contributed by atoms with Crippen molar-refractivity contribution in [3.8, 4) is 22.9 Å². The lowest BCUT2D eigenvalue weighted by Gasteiger charge is -2.17. The Morgan fingerprint density at radius 2 is 1.86 bits per heavy atom. The Kier molecular flexibility index (Phi) is 7.35. The number of benzene rings is 3. The number of hydrogen-bond acceptors (Lipinski definition) is 6. The lowest BCUT2D eigenvalue weighted by molar-refractivity contribution is -0.131. The molecule has 3 aromatic carbocycles. The normalized spacial score (nSPS) is 11.4. The van der Waals surface area contributed by atoms with Gasteiger partial charge < -0.3 is 9.47 Å². The van der Waals surface area contributed by atoms with Crippen LogP contribution in [0.2, 0.25) is 0 Å². The molecule has 0 fully saturated rings. The molecule has 0 N–H and O–H groups in total. The molecule has 0 aliphatic carbocycles. The van der Waals surface area contributed by atoms with E-state index in [0.717, 1.165) is 26.9 Å². The Morgan fingerprint density at radius 3 is 2.56 bits per heavy atom. The number of fused-ring (bicyclic) bond motifs is 1. The molecule has 0 amide bonds. The average Bonchev–Trinajstić information content (AvgIpc) is 2.84. The van der Waals surface area contributed by atoms with Crippen LogP contribution in [0.25, 0.3) is 22.3 Å². The SMILES string of the molecule is COc1cc(C)c(-c2nc3ccccc3c(=O)n2N=Cc2cc(Br)ccc2OC(C)=O)cc1C(C)C. The zero-order chi connectivity index (χ0) is 26.0. The maximum Gasteiger partial charge on any atom is 0.308 e. The van der Waals surface area contributed by atoms with Crippen LogP contribution in [0.3, 0.4) is 0 Å². The number of aryl methyl sites for hydroxylation is 1. The van der Waals surface area contributed by atoms with Crippen LogP contribution in [0, 0.1) is 6.92 Å². The van der Waals surface area contributed by atoms with Crippen LogP contribution in [-0.4, -0.2) is 29.0 Å². The molecule has 1 heterocycles. The highest BCUT2D eigenvalue weighted by Crippen LogP contribution is 2.34. The number of methoxy groups -OCH3 is 1. The molecule has 36 heavy (non-hydrogen) atoms. The molecular weight excluding hydrogens is 522 g/mol. The van der Waals surface area contributed by atoms with Crippen LogP contribution in [0.15, 0.2) is 69.0 Å². The van der Waals surface area contributed by atoms with Gasteiger partial charge in [0, 0.05) is 22.5 Å². The number of rotatable bonds is 6. The highest BCUT2D eigenvalue weighted by Gasteiger charge is 2.18. The summed E-state index contributed by atoms with van der Waals surface area (Å²) in [7, 11) is 1.65. The smallest absolute Gasteiger partial charge is 0.308 e. The molecule has 4 rings (SSSR count). The zero-order valence-electron chi connectivity index (χ0n) is 20.7. The van der Waals surface area contributed by atoms with Gasteiger partial charge in [0.15, 0.2) is 5.82 Å². The highest BCUT2D eigenvalue weighted by molar-refractivity contribution is 9.10. The van der Waals surface area contributed by atoms with Gasteiger partial charge in [-0.1, -0.05) is 41.9 Å². The molecule has 8 heteroatoms. The molecule has 0 atom stereocenters. The molecule has 0 unspecified atom stereocenters. The van der Waals surface area contributed by atoms with E-state index >= 15 is 0 Å². The van der Waals surface area contributed by atoms with Crippen LogP contribution >= 0.6 is 15.9 Å². The third-order valence-corrected chi connectivity index (χ3v) is 6.22. The third kappa shape index (κ3) is 5.09. The average molecular weight is 548 g/mol. The maximum absolute atomic E-state index is 13.6. The van der Waals surface area contributed by atoms with Crippen molar-refractivity contribution in [2.45, 2.75) is 33.6 Å². The van der Waals surface area contributed by atoms with Gasteiger partial charge in [0.1, 0.15) is 11.5 Å². The number of para-hydroxylation sites is 1. The minimum atomic E-state index is -0.452. The van der Waals surface area contributed by atoms with Crippen molar-refractivity contribution >= 4 is 39.0 Å². The molecule has 0 aliphatic rings. The first-order valence-corrected chi connectivity index (χ1v) is 12.2. The predicted octanol–water partition coefficient (Wildman–Crippen LogP) is 6.07. The van der Waals surface area contributed by atoms with Crippen molar-refractivity contribution in [1.82, 2.24) is 9.66 Å². The summed E-state index contributed by atoms with van der Waals surface area (Å²) in [6, 6.07) is 16.3. The summed E-state index contributed by atoms with van der Waals surface area (Å²) in [5.74, 6) is 1.26. The number of ether oxygens (including phenoxy) is 2. The van der Waals surface area contributed by atoms with Crippen LogP contribution in [0.4, 0.5) is 0 Å². The van der Waals surface area contributed by atoms with E-state index in [0.29, 0.717) is 28.0 Å². The summed E-state index contributed by atoms with van der Waals surface area (Å²) in [5.41, 5.74) is 3.46. The molecule has 0 saturated heterocycles. The number of carbonyl (C=O) groups excluding carboxylic acids is 1. The number of hydrogen-bond donors (Lipinski definition) is 0. The molecule has 184 valence electrons. The van der Waals surface area contributed by atoms with Crippen molar-refractivity contribution in [2.24, 2.45) is 5.10 Å². The second-order valence-electron chi connectivity index (χ2n) is 8.65. The van der Waals surface area contributed by atoms with Gasteiger partial charge in [-0.25, -0.2) is 4.98 Å². The Bertz CT molecular complexity index is 1560. The van der Waals surface area contributed by atoms with Gasteiger partial charge in [0.25, 0.3) is 5.56 Å². The molecule has 0 spiro atoms. The lowest BCUT2D eigenvalue weighted by atomic mass is 9.96. The zero-order valence-corrected chi connectivity index (χ0v) is 22.3. The summed E-state index contributed by atoms with van der Waals surface area (Å²) >= 11 is 3.44. The van der Waals surface area contributed by atoms with E-state index in [4.69, 9.17) is 14.5 Å². The summed E-state index contributed by atoms with van der Waals surface area (Å²) in [6.07, 6.45) is 1.49. The number of halogens is 1. The van der Waals surface area contributed by atoms with Crippen LogP contribution in [-0.2, 0) is 4.79 Å². The molecule has 1 aromatic heterocycles. The first-order valence-electron chi connectivity index (χ1n) is 11.4. The first kappa shape index (κ1) is 25.3. The second-order valence-corrected chi connectivity index (χ2v) is 9.57. The minimum absolute atomic E-state index is 0.191. The van der Waals surface area contributed by atoms with Gasteiger partial charge >= 0.3 is 5.97 Å². The molecule has 0 saturated carbocycles. The first-order chi connectivity index (χ1) is 17.2. The summed E-state index contributed by atoms with van der Waals surface area (Å²) in [5, 5.41) is 4.99. The molecule has 0 radical (unpaired) electrons. The van der Waals surface area contributed by atoms with E-state index < -0.39 is 5.97 Å². The van der Waals surface area contributed by atoms with Gasteiger partial charge in [-0.3, -0.25) is 9.59 Å². The van der Waals surface area contributed by atoms with E-state index in [2.05, 4.69) is 34.9 Å². The molecule has 0 aliphatic heterocycles. The van der Waals surface area contributed by atoms with Gasteiger partial charge in [0.05, 0.1) is 24.2 Å². The summed E-state index contributed by atoms with van der Waals surface area (Å²) in [6.45, 7) is 7.45. The van der Waals surface area contributed by atoms with Gasteiger partial charge in [-0.05, 0) is 66.4 Å². The number of aromatic nitrogens is 2. The Labute approximate surface area is 217 Å². The maximum atomic E-state index is 13.6. The number of nitrogens with zero attached hydrogens (tertiary/aromatic N) is 3. The van der Waals surface area contributed by atoms with Gasteiger partial charge in [-0.15, -0.1) is 0 Å². The largest absolute Gasteiger partial charge is 0.496 e. The Balaban J connectivity index is 1.98. The molecule has 4 aromatic rings. The van der Waals surface area contributed by atoms with Gasteiger partial charge in [-0.2, -0.15) is 9.78 Å². The van der Waals surface area contributed by atoms with Crippen LogP contribution in [0.1, 0.15) is 43.4 Å². The highest BCUT2D eigenvalue weighted by atomic mass is 79.9. The van der Waals surface area contributed by atoms with Crippen LogP contribution < -0.4 is 15.0 Å². The predicted molar refractivity (Wildman–Crippen MR) is 145 cm³/mol. The minimum Gasteiger partial charge on any atom is -0.496 e. The number of carbonyl (C=O) groups is 1. The van der Waals surface area contributed by atoms with Crippen LogP contribution in [0.5, 0.6) is 11.5 Å². The number of esters is 1. The van der Waals surface area contributed by atoms with E-state index in [9.17, 15) is 9.59 Å². The Morgan fingerprint density at radius 1 is 1.11 bits per heavy atom. The van der Waals surface area contributed by atoms with Crippen molar-refractivity contribution in [3.05, 3.63) is 86.1 Å². The quantitative estimate of drug-likeness (QED) is 0.166. The van der Waals surface area contributed by atoms with Crippen molar-refractivity contribution in [2.75, 3.05) is 7.11 Å². The van der Waals surface area contributed by atoms with E-state index in [1.165, 1.54) is 17.8 Å². The lowest BCUT2D eigenvalue weighted by Crippen LogP contribution is -2.21. The fourth-order valence-electron chi connectivity index (χ4n) is 3.96. The standard InChI is InChI=1S/C28H26BrN3O4/c1-16(2)22-14-23(17(3)12-26(22)35-5)27-31-24-9-7-6-8-21(24)28(34)32(27)30-15-19-13-20(29)10-11-25(19)36-18(4)33/h6-16H,1-5H3. The van der Waals surface area contributed by atoms with E-state index in [-0.39, 0.29) is 11.5 Å². The Hall–Kier alpha value is -3.78. The van der Waals surface area contributed by atoms with E-state index in [1.807, 2.05) is 31.2 Å². The monoisotopic (exact) mass is 547 g/mol. The molecular formula is C28H26BrN3O4. The fraction of sp³-hybridized carbons (Fsp3) is 0.214.